The van der Waals surface area contributed by atoms with Crippen molar-refractivity contribution in [1.29, 1.82) is 0 Å². The lowest BCUT2D eigenvalue weighted by Gasteiger charge is -2.24. The summed E-state index contributed by atoms with van der Waals surface area (Å²) in [5, 5.41) is 11.2. The van der Waals surface area contributed by atoms with E-state index in [1.54, 1.807) is 17.8 Å². The Morgan fingerprint density at radius 2 is 2.62 bits per heavy atom. The molecule has 2 rings (SSSR count). The molecule has 5 heteroatoms. The second-order valence-electron chi connectivity index (χ2n) is 4.25. The van der Waals surface area contributed by atoms with Crippen molar-refractivity contribution in [2.75, 3.05) is 6.54 Å². The predicted molar refractivity (Wildman–Crippen MR) is 62.5 cm³/mol. The third-order valence-corrected chi connectivity index (χ3v) is 3.49. The van der Waals surface area contributed by atoms with Crippen LogP contribution < -0.4 is 0 Å². The Morgan fingerprint density at radius 3 is 3.25 bits per heavy atom. The fourth-order valence-corrected chi connectivity index (χ4v) is 2.73. The van der Waals surface area contributed by atoms with E-state index in [1.807, 2.05) is 4.90 Å². The Hall–Kier alpha value is -0.940. The third kappa shape index (κ3) is 2.41. The van der Waals surface area contributed by atoms with Gasteiger partial charge in [-0.05, 0) is 26.2 Å². The molecule has 2 atom stereocenters. The van der Waals surface area contributed by atoms with Gasteiger partial charge in [0.2, 0.25) is 0 Å². The number of aromatic nitrogens is 1. The van der Waals surface area contributed by atoms with E-state index in [2.05, 4.69) is 4.98 Å². The maximum absolute atomic E-state index is 12.1. The van der Waals surface area contributed by atoms with Gasteiger partial charge in [0.05, 0.1) is 11.6 Å². The zero-order chi connectivity index (χ0) is 11.5. The van der Waals surface area contributed by atoms with Crippen LogP contribution in [0.5, 0.6) is 0 Å². The number of carbonyl (C=O) groups excluding carboxylic acids is 1. The van der Waals surface area contributed by atoms with Crippen molar-refractivity contribution < 1.29 is 9.90 Å². The first-order valence-corrected chi connectivity index (χ1v) is 6.50. The smallest absolute Gasteiger partial charge is 0.273 e. The van der Waals surface area contributed by atoms with E-state index < -0.39 is 0 Å². The predicted octanol–water partition coefficient (Wildman–Crippen LogP) is 1.52. The number of amides is 1. The molecule has 1 amide bonds. The van der Waals surface area contributed by atoms with Crippen molar-refractivity contribution in [3.63, 3.8) is 0 Å². The monoisotopic (exact) mass is 240 g/mol. The lowest BCUT2D eigenvalue weighted by molar-refractivity contribution is 0.0677. The molecule has 1 aliphatic rings. The van der Waals surface area contributed by atoms with Crippen molar-refractivity contribution in [1.82, 2.24) is 9.88 Å². The number of thiazole rings is 1. The second-order valence-corrected chi connectivity index (χ2v) is 4.97. The first-order valence-electron chi connectivity index (χ1n) is 5.55. The maximum atomic E-state index is 12.1. The Labute approximate surface area is 98.9 Å². The van der Waals surface area contributed by atoms with E-state index in [4.69, 9.17) is 0 Å². The summed E-state index contributed by atoms with van der Waals surface area (Å²) in [4.78, 5) is 18.0. The first-order chi connectivity index (χ1) is 7.68. The van der Waals surface area contributed by atoms with Crippen molar-refractivity contribution >= 4 is 17.2 Å². The minimum absolute atomic E-state index is 0.00407. The molecule has 0 aliphatic carbocycles. The summed E-state index contributed by atoms with van der Waals surface area (Å²) in [6, 6.07) is 0.175. The summed E-state index contributed by atoms with van der Waals surface area (Å²) < 4.78 is 0. The van der Waals surface area contributed by atoms with Gasteiger partial charge in [-0.1, -0.05) is 0 Å². The highest BCUT2D eigenvalue weighted by molar-refractivity contribution is 7.07. The van der Waals surface area contributed by atoms with Crippen LogP contribution in [0.4, 0.5) is 0 Å². The van der Waals surface area contributed by atoms with Crippen LogP contribution in [0.3, 0.4) is 0 Å². The quantitative estimate of drug-likeness (QED) is 0.871. The van der Waals surface area contributed by atoms with Gasteiger partial charge >= 0.3 is 0 Å². The number of carbonyl (C=O) groups is 1. The van der Waals surface area contributed by atoms with Crippen LogP contribution in [0.25, 0.3) is 0 Å². The van der Waals surface area contributed by atoms with Gasteiger partial charge in [-0.15, -0.1) is 11.3 Å². The number of hydrogen-bond donors (Lipinski definition) is 1. The van der Waals surface area contributed by atoms with Crippen molar-refractivity contribution in [3.8, 4) is 0 Å². The van der Waals surface area contributed by atoms with Crippen molar-refractivity contribution in [2.24, 2.45) is 0 Å². The molecular formula is C11H16N2O2S. The molecule has 1 fully saturated rings. The second kappa shape index (κ2) is 4.93. The average molecular weight is 240 g/mol. The lowest BCUT2D eigenvalue weighted by Crippen LogP contribution is -2.37. The van der Waals surface area contributed by atoms with Crippen LogP contribution in [0.15, 0.2) is 10.9 Å². The van der Waals surface area contributed by atoms with Gasteiger partial charge in [-0.25, -0.2) is 4.98 Å². The van der Waals surface area contributed by atoms with Gasteiger partial charge in [0.15, 0.2) is 0 Å². The molecule has 0 radical (unpaired) electrons. The molecule has 0 spiro atoms. The van der Waals surface area contributed by atoms with Crippen molar-refractivity contribution in [3.05, 3.63) is 16.6 Å². The summed E-state index contributed by atoms with van der Waals surface area (Å²) in [7, 11) is 0. The van der Waals surface area contributed by atoms with Gasteiger partial charge in [-0.3, -0.25) is 4.79 Å². The molecular weight excluding hydrogens is 224 g/mol. The largest absolute Gasteiger partial charge is 0.393 e. The molecule has 1 aliphatic heterocycles. The number of aliphatic hydroxyl groups is 1. The topological polar surface area (TPSA) is 53.4 Å². The standard InChI is InChI=1S/C11H16N2O2S/c1-8(14)5-9-3-2-4-13(9)11(15)10-6-16-7-12-10/h6-9,14H,2-5H2,1H3. The zero-order valence-corrected chi connectivity index (χ0v) is 10.1. The van der Waals surface area contributed by atoms with Gasteiger partial charge in [0.1, 0.15) is 5.69 Å². The fraction of sp³-hybridized carbons (Fsp3) is 0.636. The molecule has 1 aromatic rings. The average Bonchev–Trinajstić information content (AvgIpc) is 2.84. The molecule has 4 nitrogen and oxygen atoms in total. The summed E-state index contributed by atoms with van der Waals surface area (Å²) in [5.41, 5.74) is 2.20. The molecule has 2 heterocycles. The Balaban J connectivity index is 2.05. The van der Waals surface area contributed by atoms with E-state index in [-0.39, 0.29) is 18.1 Å². The number of aliphatic hydroxyl groups excluding tert-OH is 1. The SMILES string of the molecule is CC(O)CC1CCCN1C(=O)c1cscn1. The molecule has 88 valence electrons. The molecule has 0 bridgehead atoms. The summed E-state index contributed by atoms with van der Waals surface area (Å²) in [6.07, 6.45) is 2.32. The molecule has 16 heavy (non-hydrogen) atoms. The first kappa shape index (κ1) is 11.5. The van der Waals surface area contributed by atoms with Gasteiger partial charge in [0, 0.05) is 18.0 Å². The van der Waals surface area contributed by atoms with Crippen LogP contribution in [-0.2, 0) is 0 Å². The van der Waals surface area contributed by atoms with Crippen LogP contribution in [0, 0.1) is 0 Å². The highest BCUT2D eigenvalue weighted by atomic mass is 32.1. The normalized spacial score (nSPS) is 22.4. The molecule has 0 saturated carbocycles. The molecule has 2 unspecified atom stereocenters. The molecule has 1 saturated heterocycles. The number of nitrogens with zero attached hydrogens (tertiary/aromatic N) is 2. The molecule has 1 N–H and O–H groups in total. The Bertz CT molecular complexity index is 351. The number of likely N-dealkylation sites (tertiary alicyclic amines) is 1. The van der Waals surface area contributed by atoms with E-state index in [0.717, 1.165) is 19.4 Å². The Kier molecular flexibility index (Phi) is 3.56. The number of rotatable bonds is 3. The van der Waals surface area contributed by atoms with E-state index >= 15 is 0 Å². The fourth-order valence-electron chi connectivity index (χ4n) is 2.21. The summed E-state index contributed by atoms with van der Waals surface area (Å²) >= 11 is 1.43. The Morgan fingerprint density at radius 1 is 1.81 bits per heavy atom. The van der Waals surface area contributed by atoms with Crippen LogP contribution >= 0.6 is 11.3 Å². The van der Waals surface area contributed by atoms with E-state index in [0.29, 0.717) is 12.1 Å². The summed E-state index contributed by atoms with van der Waals surface area (Å²) in [6.45, 7) is 2.55. The zero-order valence-electron chi connectivity index (χ0n) is 9.30. The molecule has 0 aromatic carbocycles. The lowest BCUT2D eigenvalue weighted by atomic mass is 10.1. The van der Waals surface area contributed by atoms with Gasteiger partial charge < -0.3 is 10.0 Å². The number of hydrogen-bond acceptors (Lipinski definition) is 4. The minimum atomic E-state index is -0.353. The van der Waals surface area contributed by atoms with E-state index in [9.17, 15) is 9.90 Å². The van der Waals surface area contributed by atoms with Crippen LogP contribution in [-0.4, -0.2) is 39.6 Å². The molecule has 1 aromatic heterocycles. The van der Waals surface area contributed by atoms with Crippen molar-refractivity contribution in [2.45, 2.75) is 38.3 Å². The minimum Gasteiger partial charge on any atom is -0.393 e. The highest BCUT2D eigenvalue weighted by Crippen LogP contribution is 2.23. The highest BCUT2D eigenvalue weighted by Gasteiger charge is 2.30. The van der Waals surface area contributed by atoms with Gasteiger partial charge in [0.25, 0.3) is 5.91 Å². The summed E-state index contributed by atoms with van der Waals surface area (Å²) in [5.74, 6) is 0.00407. The van der Waals surface area contributed by atoms with Gasteiger partial charge in [-0.2, -0.15) is 0 Å². The van der Waals surface area contributed by atoms with Crippen LogP contribution in [0.2, 0.25) is 0 Å². The van der Waals surface area contributed by atoms with Crippen LogP contribution in [0.1, 0.15) is 36.7 Å². The van der Waals surface area contributed by atoms with E-state index in [1.165, 1.54) is 11.3 Å². The third-order valence-electron chi connectivity index (χ3n) is 2.90. The maximum Gasteiger partial charge on any atom is 0.273 e.